The number of fused-ring (bicyclic) bond motifs is 2. The van der Waals surface area contributed by atoms with E-state index in [0.717, 1.165) is 21.2 Å². The largest absolute Gasteiger partial charge is 0.461 e. The van der Waals surface area contributed by atoms with Crippen molar-refractivity contribution in [3.8, 4) is 0 Å². The lowest BCUT2D eigenvalue weighted by Gasteiger charge is -2.10. The average molecular weight is 405 g/mol. The van der Waals surface area contributed by atoms with Crippen molar-refractivity contribution in [3.05, 3.63) is 79.9 Å². The molecule has 0 aliphatic carbocycles. The molecule has 0 atom stereocenters. The maximum absolute atomic E-state index is 12.4. The van der Waals surface area contributed by atoms with Crippen molar-refractivity contribution in [2.24, 2.45) is 0 Å². The first-order chi connectivity index (χ1) is 14.4. The maximum atomic E-state index is 12.4. The van der Waals surface area contributed by atoms with E-state index in [0.29, 0.717) is 22.0 Å². The lowest BCUT2D eigenvalue weighted by Crippen LogP contribution is -2.25. The standard InChI is InChI=1S/C22H19N3O5/c1-13-7-8-16-15(11-20(27)30-21(16)14(13)2)12-29-19(26)9-10-25-22(28)17-5-3-4-6-18(17)23-24-25/h3-8,11H,9-10,12H2,1-2H3. The Morgan fingerprint density at radius 3 is 2.73 bits per heavy atom. The van der Waals surface area contributed by atoms with E-state index in [9.17, 15) is 14.4 Å². The van der Waals surface area contributed by atoms with Gasteiger partial charge in [0.1, 0.15) is 17.7 Å². The number of hydrogen-bond acceptors (Lipinski definition) is 7. The zero-order valence-electron chi connectivity index (χ0n) is 16.5. The van der Waals surface area contributed by atoms with E-state index in [2.05, 4.69) is 10.3 Å². The smallest absolute Gasteiger partial charge is 0.336 e. The van der Waals surface area contributed by atoms with Gasteiger partial charge in [-0.1, -0.05) is 29.5 Å². The third-order valence-electron chi connectivity index (χ3n) is 5.06. The fourth-order valence-corrected chi connectivity index (χ4v) is 3.24. The van der Waals surface area contributed by atoms with Gasteiger partial charge in [-0.3, -0.25) is 9.59 Å². The molecule has 4 rings (SSSR count). The third-order valence-corrected chi connectivity index (χ3v) is 5.06. The molecule has 0 bridgehead atoms. The minimum atomic E-state index is -0.512. The molecule has 0 aliphatic heterocycles. The second kappa shape index (κ2) is 7.90. The first-order valence-corrected chi connectivity index (χ1v) is 9.45. The van der Waals surface area contributed by atoms with Crippen molar-refractivity contribution in [2.45, 2.75) is 33.4 Å². The van der Waals surface area contributed by atoms with Gasteiger partial charge in [0.05, 0.1) is 18.4 Å². The molecular formula is C22H19N3O5. The van der Waals surface area contributed by atoms with Crippen molar-refractivity contribution < 1.29 is 13.9 Å². The van der Waals surface area contributed by atoms with E-state index < -0.39 is 11.6 Å². The number of benzene rings is 2. The number of hydrogen-bond donors (Lipinski definition) is 0. The van der Waals surface area contributed by atoms with E-state index in [4.69, 9.17) is 9.15 Å². The number of carbonyl (C=O) groups excluding carboxylic acids is 1. The summed E-state index contributed by atoms with van der Waals surface area (Å²) in [7, 11) is 0. The van der Waals surface area contributed by atoms with Gasteiger partial charge in [0.15, 0.2) is 0 Å². The Balaban J connectivity index is 1.47. The van der Waals surface area contributed by atoms with Crippen LogP contribution in [0, 0.1) is 13.8 Å². The molecular weight excluding hydrogens is 386 g/mol. The molecule has 2 heterocycles. The van der Waals surface area contributed by atoms with Crippen LogP contribution in [0.2, 0.25) is 0 Å². The molecule has 2 aromatic heterocycles. The summed E-state index contributed by atoms with van der Waals surface area (Å²) in [4.78, 5) is 36.6. The second-order valence-corrected chi connectivity index (χ2v) is 7.02. The fraction of sp³-hybridized carbons (Fsp3) is 0.227. The molecule has 0 aliphatic rings. The van der Waals surface area contributed by atoms with Gasteiger partial charge in [0.2, 0.25) is 0 Å². The Labute approximate surface area is 170 Å². The van der Waals surface area contributed by atoms with Crippen LogP contribution >= 0.6 is 0 Å². The number of rotatable bonds is 5. The van der Waals surface area contributed by atoms with E-state index in [1.54, 1.807) is 24.3 Å². The highest BCUT2D eigenvalue weighted by atomic mass is 16.5. The lowest BCUT2D eigenvalue weighted by molar-refractivity contribution is -0.145. The molecule has 8 nitrogen and oxygen atoms in total. The van der Waals surface area contributed by atoms with Gasteiger partial charge in [-0.2, -0.15) is 0 Å². The van der Waals surface area contributed by atoms with Crippen LogP contribution in [0.3, 0.4) is 0 Å². The van der Waals surface area contributed by atoms with Crippen LogP contribution in [-0.2, 0) is 22.7 Å². The molecule has 0 saturated heterocycles. The Morgan fingerprint density at radius 2 is 1.90 bits per heavy atom. The van der Waals surface area contributed by atoms with Gasteiger partial charge in [-0.25, -0.2) is 9.48 Å². The molecule has 0 fully saturated rings. The van der Waals surface area contributed by atoms with Gasteiger partial charge in [0, 0.05) is 17.0 Å². The first kappa shape index (κ1) is 19.5. The maximum Gasteiger partial charge on any atom is 0.336 e. The second-order valence-electron chi connectivity index (χ2n) is 7.02. The Morgan fingerprint density at radius 1 is 1.10 bits per heavy atom. The van der Waals surface area contributed by atoms with Crippen molar-refractivity contribution in [3.63, 3.8) is 0 Å². The molecule has 30 heavy (non-hydrogen) atoms. The quantitative estimate of drug-likeness (QED) is 0.371. The molecule has 0 spiro atoms. The molecule has 0 radical (unpaired) electrons. The van der Waals surface area contributed by atoms with Crippen LogP contribution in [0.25, 0.3) is 21.9 Å². The highest BCUT2D eigenvalue weighted by Gasteiger charge is 2.13. The Bertz CT molecular complexity index is 1390. The summed E-state index contributed by atoms with van der Waals surface area (Å²) >= 11 is 0. The summed E-state index contributed by atoms with van der Waals surface area (Å²) in [6.07, 6.45) is -0.0512. The molecule has 0 N–H and O–H groups in total. The molecule has 0 unspecified atom stereocenters. The zero-order chi connectivity index (χ0) is 21.3. The van der Waals surface area contributed by atoms with Gasteiger partial charge in [0.25, 0.3) is 5.56 Å². The minimum absolute atomic E-state index is 0.0471. The Kier molecular flexibility index (Phi) is 5.14. The summed E-state index contributed by atoms with van der Waals surface area (Å²) in [5.41, 5.74) is 2.62. The summed E-state index contributed by atoms with van der Waals surface area (Å²) < 4.78 is 11.8. The van der Waals surface area contributed by atoms with Gasteiger partial charge < -0.3 is 9.15 Å². The van der Waals surface area contributed by atoms with Crippen molar-refractivity contribution in [1.82, 2.24) is 15.0 Å². The zero-order valence-corrected chi connectivity index (χ0v) is 16.5. The van der Waals surface area contributed by atoms with Crippen molar-refractivity contribution >= 4 is 27.8 Å². The van der Waals surface area contributed by atoms with Crippen LogP contribution in [0.15, 0.2) is 56.5 Å². The minimum Gasteiger partial charge on any atom is -0.461 e. The van der Waals surface area contributed by atoms with E-state index in [1.807, 2.05) is 26.0 Å². The fourth-order valence-electron chi connectivity index (χ4n) is 3.24. The number of nitrogens with zero attached hydrogens (tertiary/aromatic N) is 3. The number of ether oxygens (including phenoxy) is 1. The van der Waals surface area contributed by atoms with Crippen molar-refractivity contribution in [1.29, 1.82) is 0 Å². The van der Waals surface area contributed by atoms with E-state index in [-0.39, 0.29) is 25.1 Å². The van der Waals surface area contributed by atoms with Gasteiger partial charge in [-0.05, 0) is 37.1 Å². The molecule has 2 aromatic carbocycles. The summed E-state index contributed by atoms with van der Waals surface area (Å²) in [6, 6.07) is 12.0. The predicted octanol–water partition coefficient (Wildman–Crippen LogP) is 2.65. The van der Waals surface area contributed by atoms with Crippen LogP contribution in [0.4, 0.5) is 0 Å². The van der Waals surface area contributed by atoms with Crippen molar-refractivity contribution in [2.75, 3.05) is 0 Å². The van der Waals surface area contributed by atoms with Crippen LogP contribution < -0.4 is 11.2 Å². The summed E-state index contributed by atoms with van der Waals surface area (Å²) in [6.45, 7) is 3.78. The van der Waals surface area contributed by atoms with Gasteiger partial charge in [-0.15, -0.1) is 5.10 Å². The third kappa shape index (κ3) is 3.71. The molecule has 0 saturated carbocycles. The Hall–Kier alpha value is -3.81. The molecule has 0 amide bonds. The number of esters is 1. The number of carbonyl (C=O) groups is 1. The van der Waals surface area contributed by atoms with Crippen LogP contribution in [0.5, 0.6) is 0 Å². The average Bonchev–Trinajstić information content (AvgIpc) is 2.74. The van der Waals surface area contributed by atoms with Gasteiger partial charge >= 0.3 is 11.6 Å². The molecule has 4 aromatic rings. The van der Waals surface area contributed by atoms with E-state index in [1.165, 1.54) is 6.07 Å². The lowest BCUT2D eigenvalue weighted by atomic mass is 10.0. The number of aromatic nitrogens is 3. The highest BCUT2D eigenvalue weighted by molar-refractivity contribution is 5.84. The highest BCUT2D eigenvalue weighted by Crippen LogP contribution is 2.23. The van der Waals surface area contributed by atoms with Crippen LogP contribution in [-0.4, -0.2) is 21.0 Å². The molecule has 8 heteroatoms. The summed E-state index contributed by atoms with van der Waals surface area (Å²) in [5, 5.41) is 9.01. The van der Waals surface area contributed by atoms with Crippen LogP contribution in [0.1, 0.15) is 23.1 Å². The number of aryl methyl sites for hydroxylation is 3. The monoisotopic (exact) mass is 405 g/mol. The molecule has 152 valence electrons. The summed E-state index contributed by atoms with van der Waals surface area (Å²) in [5.74, 6) is -0.512. The topological polar surface area (TPSA) is 104 Å². The SMILES string of the molecule is Cc1ccc2c(COC(=O)CCn3nnc4ccccc4c3=O)cc(=O)oc2c1C. The normalized spacial score (nSPS) is 11.1. The predicted molar refractivity (Wildman–Crippen MR) is 110 cm³/mol. The first-order valence-electron chi connectivity index (χ1n) is 9.45. The van der Waals surface area contributed by atoms with E-state index >= 15 is 0 Å².